The summed E-state index contributed by atoms with van der Waals surface area (Å²) in [6.45, 7) is 5.72. The third kappa shape index (κ3) is 3.85. The molecule has 1 unspecified atom stereocenters. The summed E-state index contributed by atoms with van der Waals surface area (Å²) in [5.41, 5.74) is 0.173. The normalized spacial score (nSPS) is 19.3. The molecule has 2 aliphatic rings. The number of imidazole rings is 1. The van der Waals surface area contributed by atoms with Crippen molar-refractivity contribution >= 4 is 40.0 Å². The van der Waals surface area contributed by atoms with E-state index in [1.54, 1.807) is 25.1 Å². The Morgan fingerprint density at radius 2 is 1.87 bits per heavy atom. The van der Waals surface area contributed by atoms with Crippen molar-refractivity contribution < 1.29 is 39.2 Å². The van der Waals surface area contributed by atoms with Crippen molar-refractivity contribution in [3.05, 3.63) is 63.8 Å². The summed E-state index contributed by atoms with van der Waals surface area (Å²) in [7, 11) is 0. The molecule has 5 rings (SSSR count). The largest absolute Gasteiger partial charge is 0.507 e. The number of rotatable bonds is 6. The number of carbonyl (C=O) groups excluding carboxylic acids is 3. The number of aliphatic carboxylic acids is 1. The highest BCUT2D eigenvalue weighted by molar-refractivity contribution is 6.31. The zero-order valence-corrected chi connectivity index (χ0v) is 21.6. The lowest BCUT2D eigenvalue weighted by Crippen LogP contribution is -2.40. The molecule has 0 saturated heterocycles. The van der Waals surface area contributed by atoms with E-state index in [4.69, 9.17) is 9.84 Å². The van der Waals surface area contributed by atoms with Crippen LogP contribution < -0.4 is 10.1 Å². The summed E-state index contributed by atoms with van der Waals surface area (Å²) >= 11 is 0. The maximum absolute atomic E-state index is 13.9. The first-order valence-corrected chi connectivity index (χ1v) is 12.1. The second-order valence-electron chi connectivity index (χ2n) is 9.82. The van der Waals surface area contributed by atoms with E-state index in [0.29, 0.717) is 22.5 Å². The first-order valence-electron chi connectivity index (χ1n) is 12.1. The number of aromatic amines is 1. The van der Waals surface area contributed by atoms with Gasteiger partial charge in [0.2, 0.25) is 0 Å². The molecule has 0 amide bonds. The molecule has 0 radical (unpaired) electrons. The van der Waals surface area contributed by atoms with Crippen LogP contribution in [-0.2, 0) is 26.2 Å². The lowest BCUT2D eigenvalue weighted by Gasteiger charge is -2.29. The number of anilines is 1. The third-order valence-electron chi connectivity index (χ3n) is 7.20. The molecule has 11 heteroatoms. The van der Waals surface area contributed by atoms with E-state index in [-0.39, 0.29) is 52.3 Å². The predicted octanol–water partition coefficient (Wildman–Crippen LogP) is 3.57. The van der Waals surface area contributed by atoms with Crippen molar-refractivity contribution in [1.29, 1.82) is 0 Å². The van der Waals surface area contributed by atoms with E-state index in [9.17, 15) is 29.4 Å². The molecule has 1 aliphatic carbocycles. The van der Waals surface area contributed by atoms with Gasteiger partial charge >= 0.3 is 5.97 Å². The summed E-state index contributed by atoms with van der Waals surface area (Å²) in [6, 6.07) is 5.15. The Balaban J connectivity index is 1.55. The van der Waals surface area contributed by atoms with Crippen LogP contribution in [0.4, 0.5) is 5.69 Å². The average Bonchev–Trinajstić information content (AvgIpc) is 3.39. The van der Waals surface area contributed by atoms with Gasteiger partial charge in [0.1, 0.15) is 39.8 Å². The molecule has 11 nitrogen and oxygen atoms in total. The topological polar surface area (TPSA) is 179 Å². The number of carbonyl (C=O) groups is 4. The standard InChI is InChI=1S/C28H25N3O8/c1-11-24(36)22(13(3)32)26-23(25(11)37)28(4)18(39-26)10-17(33)21(27(28)38)12(2)29-14-5-6-15-16(9-14)31-19(30-15)7-8-20(34)35/h5-6,9-10,29,36-37H,7-8H2,1-4H3,(H,30,31)(H,34,35). The molecule has 1 atom stereocenters. The molecule has 2 heterocycles. The summed E-state index contributed by atoms with van der Waals surface area (Å²) in [5, 5.41) is 33.4. The number of fused-ring (bicyclic) bond motifs is 4. The molecule has 5 N–H and O–H groups in total. The second kappa shape index (κ2) is 8.83. The molecule has 0 spiro atoms. The molecule has 0 saturated carbocycles. The van der Waals surface area contributed by atoms with Gasteiger partial charge < -0.3 is 30.4 Å². The average molecular weight is 532 g/mol. The first-order chi connectivity index (χ1) is 18.3. The van der Waals surface area contributed by atoms with Crippen molar-refractivity contribution in [2.45, 2.75) is 46.0 Å². The minimum Gasteiger partial charge on any atom is -0.507 e. The number of H-pyrrole nitrogens is 1. The SMILES string of the molecule is CC(=O)c1c(O)c(C)c(O)c2c1OC1=CC(=O)C(=C(C)Nc3ccc4nc(CCC(=O)O)[nH]c4c3)C(=O)C12C. The smallest absolute Gasteiger partial charge is 0.303 e. The number of aromatic nitrogens is 2. The van der Waals surface area contributed by atoms with Crippen LogP contribution in [0.1, 0.15) is 54.5 Å². The monoisotopic (exact) mass is 531 g/mol. The lowest BCUT2D eigenvalue weighted by molar-refractivity contribution is -0.137. The van der Waals surface area contributed by atoms with Crippen LogP contribution >= 0.6 is 0 Å². The van der Waals surface area contributed by atoms with Gasteiger partial charge in [0, 0.05) is 29.4 Å². The van der Waals surface area contributed by atoms with Crippen LogP contribution in [0.25, 0.3) is 11.0 Å². The zero-order valence-electron chi connectivity index (χ0n) is 21.6. The van der Waals surface area contributed by atoms with E-state index in [2.05, 4.69) is 15.3 Å². The molecule has 0 bridgehead atoms. The van der Waals surface area contributed by atoms with Gasteiger partial charge in [0.15, 0.2) is 17.3 Å². The molecule has 1 aliphatic heterocycles. The van der Waals surface area contributed by atoms with E-state index < -0.39 is 40.2 Å². The van der Waals surface area contributed by atoms with Gasteiger partial charge in [-0.3, -0.25) is 19.2 Å². The number of nitrogens with zero attached hydrogens (tertiary/aromatic N) is 1. The number of ketones is 3. The van der Waals surface area contributed by atoms with Crippen LogP contribution in [0, 0.1) is 6.92 Å². The van der Waals surface area contributed by atoms with Gasteiger partial charge in [-0.15, -0.1) is 0 Å². The Kier molecular flexibility index (Phi) is 5.82. The molecule has 2 aromatic carbocycles. The molecular weight excluding hydrogens is 506 g/mol. The quantitative estimate of drug-likeness (QED) is 0.179. The number of phenols is 2. The van der Waals surface area contributed by atoms with Crippen LogP contribution in [0.3, 0.4) is 0 Å². The second-order valence-corrected chi connectivity index (χ2v) is 9.82. The first kappa shape index (κ1) is 25.7. The van der Waals surface area contributed by atoms with Crippen molar-refractivity contribution in [2.24, 2.45) is 0 Å². The number of aryl methyl sites for hydroxylation is 1. The lowest BCUT2D eigenvalue weighted by atomic mass is 9.70. The maximum atomic E-state index is 13.9. The van der Waals surface area contributed by atoms with Gasteiger partial charge in [-0.25, -0.2) is 4.98 Å². The number of benzene rings is 2. The Bertz CT molecular complexity index is 1710. The van der Waals surface area contributed by atoms with Crippen molar-refractivity contribution in [3.63, 3.8) is 0 Å². The Morgan fingerprint density at radius 3 is 2.54 bits per heavy atom. The number of ether oxygens (including phenoxy) is 1. The number of nitrogens with one attached hydrogen (secondary N) is 2. The number of hydrogen-bond donors (Lipinski definition) is 5. The van der Waals surface area contributed by atoms with Crippen LogP contribution in [0.5, 0.6) is 17.2 Å². The summed E-state index contributed by atoms with van der Waals surface area (Å²) in [4.78, 5) is 57.7. The van der Waals surface area contributed by atoms with Crippen LogP contribution in [0.2, 0.25) is 0 Å². The highest BCUT2D eigenvalue weighted by Gasteiger charge is 2.56. The number of Topliss-reactive ketones (excluding diaryl/α,β-unsaturated/α-hetero) is 2. The summed E-state index contributed by atoms with van der Waals surface area (Å²) < 4.78 is 5.78. The highest BCUT2D eigenvalue weighted by atomic mass is 16.5. The highest BCUT2D eigenvalue weighted by Crippen LogP contribution is 2.57. The van der Waals surface area contributed by atoms with E-state index in [1.807, 2.05) is 0 Å². The van der Waals surface area contributed by atoms with Crippen LogP contribution in [-0.4, -0.2) is 48.6 Å². The zero-order chi connectivity index (χ0) is 28.4. The third-order valence-corrected chi connectivity index (χ3v) is 7.20. The van der Waals surface area contributed by atoms with E-state index >= 15 is 0 Å². The van der Waals surface area contributed by atoms with Gasteiger partial charge in [-0.05, 0) is 45.9 Å². The fourth-order valence-corrected chi connectivity index (χ4v) is 5.13. The minimum absolute atomic E-state index is 0.0184. The fourth-order valence-electron chi connectivity index (χ4n) is 5.13. The van der Waals surface area contributed by atoms with E-state index in [1.165, 1.54) is 20.8 Å². The molecule has 3 aromatic rings. The Morgan fingerprint density at radius 1 is 1.15 bits per heavy atom. The predicted molar refractivity (Wildman–Crippen MR) is 139 cm³/mol. The molecule has 200 valence electrons. The minimum atomic E-state index is -1.61. The number of carboxylic acids is 1. The molecule has 39 heavy (non-hydrogen) atoms. The maximum Gasteiger partial charge on any atom is 0.303 e. The summed E-state index contributed by atoms with van der Waals surface area (Å²) in [6.07, 6.45) is 1.33. The molecular formula is C28H25N3O8. The Labute approximate surface area is 221 Å². The van der Waals surface area contributed by atoms with Crippen molar-refractivity contribution in [1.82, 2.24) is 9.97 Å². The van der Waals surface area contributed by atoms with Gasteiger partial charge in [-0.2, -0.15) is 0 Å². The summed E-state index contributed by atoms with van der Waals surface area (Å²) in [5.74, 6) is -3.22. The number of phenolic OH excluding ortho intramolecular Hbond substituents is 2. The van der Waals surface area contributed by atoms with Crippen LogP contribution in [0.15, 0.2) is 41.3 Å². The number of hydrogen-bond acceptors (Lipinski definition) is 9. The van der Waals surface area contributed by atoms with Crippen molar-refractivity contribution in [2.75, 3.05) is 5.32 Å². The van der Waals surface area contributed by atoms with Gasteiger partial charge in [0.05, 0.1) is 28.6 Å². The number of aromatic hydroxyl groups is 2. The molecule has 1 aromatic heterocycles. The van der Waals surface area contributed by atoms with Gasteiger partial charge in [0.25, 0.3) is 0 Å². The number of carboxylic acid groups (broad SMARTS) is 1. The Hall–Kier alpha value is -4.93. The molecule has 0 fully saturated rings. The van der Waals surface area contributed by atoms with Crippen molar-refractivity contribution in [3.8, 4) is 17.2 Å². The van der Waals surface area contributed by atoms with E-state index in [0.717, 1.165) is 6.08 Å². The van der Waals surface area contributed by atoms with Gasteiger partial charge in [-0.1, -0.05) is 0 Å². The number of allylic oxidation sites excluding steroid dienone is 4. The fraction of sp³-hybridized carbons (Fsp3) is 0.250.